The molecule has 0 spiro atoms. The highest BCUT2D eigenvalue weighted by molar-refractivity contribution is 7.09. The van der Waals surface area contributed by atoms with E-state index in [9.17, 15) is 39.0 Å². The van der Waals surface area contributed by atoms with Gasteiger partial charge in [-0.2, -0.15) is 0 Å². The first-order valence-electron chi connectivity index (χ1n) is 19.9. The molecule has 5 rings (SSSR count). The van der Waals surface area contributed by atoms with Gasteiger partial charge in [0.25, 0.3) is 11.8 Å². The lowest BCUT2D eigenvalue weighted by atomic mass is 9.73. The first-order valence-corrected chi connectivity index (χ1v) is 20.8. The van der Waals surface area contributed by atoms with Crippen molar-refractivity contribution in [3.63, 3.8) is 0 Å². The van der Waals surface area contributed by atoms with Gasteiger partial charge in [0, 0.05) is 36.4 Å². The lowest BCUT2D eigenvalue weighted by molar-refractivity contribution is -0.159. The summed E-state index contributed by atoms with van der Waals surface area (Å²) in [5.41, 5.74) is -0.430. The number of nitrogens with one attached hydrogen (secondary N) is 1. The molecule has 1 aliphatic carbocycles. The number of Topliss-reactive ketones (excluding diaryl/α,β-unsaturated/α-hetero) is 1. The minimum atomic E-state index is -1.33. The molecule has 0 radical (unpaired) electrons. The number of rotatable bonds is 9. The highest BCUT2D eigenvalue weighted by atomic mass is 32.1. The molecule has 2 saturated heterocycles. The largest absolute Gasteiger partial charge is 0.458 e. The number of aromatic nitrogens is 1. The van der Waals surface area contributed by atoms with E-state index in [4.69, 9.17) is 18.9 Å². The van der Waals surface area contributed by atoms with Gasteiger partial charge < -0.3 is 34.5 Å². The molecule has 4 aliphatic rings. The Morgan fingerprint density at radius 2 is 1.72 bits per heavy atom. The average molecular weight is 816 g/mol. The zero-order chi connectivity index (χ0) is 41.7. The number of nitrogens with zero attached hydrogens (tertiary/aromatic N) is 2. The van der Waals surface area contributed by atoms with E-state index < -0.39 is 66.5 Å². The fourth-order valence-corrected chi connectivity index (χ4v) is 8.69. The number of carbonyl (C=O) groups excluding carboxylic acids is 6. The maximum atomic E-state index is 13.4. The number of alkyl carbamates (subject to hydrolysis) is 1. The third-order valence-corrected chi connectivity index (χ3v) is 13.0. The van der Waals surface area contributed by atoms with E-state index in [1.54, 1.807) is 32.2 Å². The van der Waals surface area contributed by atoms with Crippen molar-refractivity contribution < 1.29 is 57.9 Å². The number of epoxide rings is 1. The summed E-state index contributed by atoms with van der Waals surface area (Å²) in [4.78, 5) is 81.0. The number of hydrogen-bond donors (Lipinski definition) is 3. The minimum absolute atomic E-state index is 0.0548. The van der Waals surface area contributed by atoms with E-state index in [0.29, 0.717) is 61.3 Å². The third kappa shape index (κ3) is 11.4. The van der Waals surface area contributed by atoms with Crippen molar-refractivity contribution in [3.8, 4) is 0 Å². The second kappa shape index (κ2) is 18.7. The van der Waals surface area contributed by atoms with Crippen LogP contribution in [0.4, 0.5) is 4.79 Å². The molecule has 7 atom stereocenters. The first kappa shape index (κ1) is 44.1. The lowest BCUT2D eigenvalue weighted by Gasteiger charge is -2.34. The number of fused-ring (bicyclic) bond motifs is 1. The van der Waals surface area contributed by atoms with Gasteiger partial charge in [-0.05, 0) is 75.9 Å². The number of esters is 2. The Bertz CT molecular complexity index is 1710. The van der Waals surface area contributed by atoms with E-state index in [1.807, 2.05) is 20.8 Å². The van der Waals surface area contributed by atoms with E-state index >= 15 is 0 Å². The number of cyclic esters (lactones) is 1. The quantitative estimate of drug-likeness (QED) is 0.135. The van der Waals surface area contributed by atoms with Crippen LogP contribution in [0.15, 0.2) is 23.1 Å². The van der Waals surface area contributed by atoms with Crippen molar-refractivity contribution in [2.75, 3.05) is 13.3 Å². The number of imide groups is 1. The molecule has 1 unspecified atom stereocenters. The molecule has 16 heteroatoms. The molecule has 3 amide bonds. The molecule has 3 N–H and O–H groups in total. The van der Waals surface area contributed by atoms with Crippen LogP contribution in [0, 0.1) is 29.1 Å². The van der Waals surface area contributed by atoms with Crippen LogP contribution in [0.2, 0.25) is 0 Å². The van der Waals surface area contributed by atoms with Crippen LogP contribution < -0.4 is 5.32 Å². The monoisotopic (exact) mass is 815 g/mol. The molecule has 314 valence electrons. The summed E-state index contributed by atoms with van der Waals surface area (Å²) in [5.74, 6) is -3.18. The summed E-state index contributed by atoms with van der Waals surface area (Å²) in [6.45, 7) is 10.4. The van der Waals surface area contributed by atoms with Crippen LogP contribution in [-0.2, 0) is 49.5 Å². The lowest BCUT2D eigenvalue weighted by Crippen LogP contribution is -2.45. The van der Waals surface area contributed by atoms with Crippen molar-refractivity contribution in [2.24, 2.45) is 29.1 Å². The molecular weight excluding hydrogens is 759 g/mol. The second-order valence-electron chi connectivity index (χ2n) is 16.8. The summed E-state index contributed by atoms with van der Waals surface area (Å²) in [6, 6.07) is 0. The molecule has 4 heterocycles. The zero-order valence-electron chi connectivity index (χ0n) is 33.7. The molecule has 1 aromatic rings. The second-order valence-corrected chi connectivity index (χ2v) is 17.8. The summed E-state index contributed by atoms with van der Waals surface area (Å²) in [7, 11) is 0. The molecular formula is C41H57N3O12S. The van der Waals surface area contributed by atoms with Crippen molar-refractivity contribution >= 4 is 53.0 Å². The minimum Gasteiger partial charge on any atom is -0.458 e. The van der Waals surface area contributed by atoms with Crippen LogP contribution in [0.5, 0.6) is 0 Å². The van der Waals surface area contributed by atoms with E-state index in [2.05, 4.69) is 10.3 Å². The molecule has 0 bridgehead atoms. The first-order chi connectivity index (χ1) is 26.9. The maximum Gasteiger partial charge on any atom is 0.410 e. The zero-order valence-corrected chi connectivity index (χ0v) is 34.5. The van der Waals surface area contributed by atoms with Crippen LogP contribution in [0.25, 0.3) is 6.08 Å². The van der Waals surface area contributed by atoms with Gasteiger partial charge in [-0.25, -0.2) is 9.78 Å². The standard InChI is InChI=1S/C41H57N3O12S/c1-23-8-7-15-41(6)31(56-41)17-29(55-35(48)18-30(45)40(4,5)37(50)25(3)36(23)49)24(2)16-28-21-57-32(43-28)19-42-39(52)54-22-53-38(51)27-11-9-26(10-12-27)20-44-33(46)13-14-34(44)47/h13-14,16,21,23,25-27,29-31,36,45,49H,7-12,15,17-20,22H2,1-6H3,(H,42,52)/b24-16+/t23-,25+,26?,27?,29-,30-,31?,36-,41+/m0/s1. The van der Waals surface area contributed by atoms with E-state index in [-0.39, 0.29) is 48.0 Å². The highest BCUT2D eigenvalue weighted by Crippen LogP contribution is 2.45. The maximum absolute atomic E-state index is 13.4. The van der Waals surface area contributed by atoms with Gasteiger partial charge in [0.05, 0.1) is 53.9 Å². The summed E-state index contributed by atoms with van der Waals surface area (Å²) in [6.07, 6.45) is 5.08. The van der Waals surface area contributed by atoms with Gasteiger partial charge in [0.15, 0.2) is 0 Å². The Kier molecular flexibility index (Phi) is 14.5. The van der Waals surface area contributed by atoms with Crippen LogP contribution >= 0.6 is 11.3 Å². The van der Waals surface area contributed by atoms with Crippen LogP contribution in [0.3, 0.4) is 0 Å². The number of hydrogen-bond acceptors (Lipinski definition) is 14. The van der Waals surface area contributed by atoms with E-state index in [0.717, 1.165) is 12.8 Å². The van der Waals surface area contributed by atoms with Gasteiger partial charge >= 0.3 is 18.0 Å². The smallest absolute Gasteiger partial charge is 0.410 e. The molecule has 57 heavy (non-hydrogen) atoms. The number of amides is 3. The van der Waals surface area contributed by atoms with Gasteiger partial charge in [-0.15, -0.1) is 11.3 Å². The number of carbonyl (C=O) groups is 6. The molecule has 0 aromatic carbocycles. The summed E-state index contributed by atoms with van der Waals surface area (Å²) in [5, 5.41) is 27.0. The number of aliphatic hydroxyl groups is 2. The van der Waals surface area contributed by atoms with Crippen molar-refractivity contribution in [1.29, 1.82) is 0 Å². The fourth-order valence-electron chi connectivity index (χ4n) is 8.00. The Labute approximate surface area is 337 Å². The number of thiazole rings is 1. The number of ketones is 1. The predicted octanol–water partition coefficient (Wildman–Crippen LogP) is 4.63. The topological polar surface area (TPSA) is 211 Å². The predicted molar refractivity (Wildman–Crippen MR) is 207 cm³/mol. The average Bonchev–Trinajstić information content (AvgIpc) is 3.41. The van der Waals surface area contributed by atoms with Crippen molar-refractivity contribution in [3.05, 3.63) is 33.8 Å². The summed E-state index contributed by atoms with van der Waals surface area (Å²) >= 11 is 1.30. The molecule has 3 aliphatic heterocycles. The van der Waals surface area contributed by atoms with E-state index in [1.165, 1.54) is 28.4 Å². The number of ether oxygens (including phenoxy) is 4. The van der Waals surface area contributed by atoms with Crippen molar-refractivity contribution in [2.45, 2.75) is 136 Å². The normalized spacial score (nSPS) is 32.7. The van der Waals surface area contributed by atoms with Crippen LogP contribution in [-0.4, -0.2) is 99.1 Å². The molecule has 15 nitrogen and oxygen atoms in total. The van der Waals surface area contributed by atoms with Gasteiger partial charge in [-0.1, -0.05) is 34.1 Å². The summed E-state index contributed by atoms with van der Waals surface area (Å²) < 4.78 is 22.3. The van der Waals surface area contributed by atoms with Crippen LogP contribution in [0.1, 0.15) is 110 Å². The Balaban J connectivity index is 1.10. The molecule has 1 aromatic heterocycles. The fraction of sp³-hybridized carbons (Fsp3) is 0.683. The van der Waals surface area contributed by atoms with Gasteiger partial charge in [0.1, 0.15) is 16.9 Å². The molecule has 3 fully saturated rings. The van der Waals surface area contributed by atoms with Crippen molar-refractivity contribution in [1.82, 2.24) is 15.2 Å². The highest BCUT2D eigenvalue weighted by Gasteiger charge is 2.53. The van der Waals surface area contributed by atoms with Gasteiger partial charge in [-0.3, -0.25) is 28.9 Å². The Morgan fingerprint density at radius 3 is 2.40 bits per heavy atom. The molecule has 1 saturated carbocycles. The Morgan fingerprint density at radius 1 is 1.04 bits per heavy atom. The SMILES string of the molecule is C/C(=C\c1csc(CNC(=O)OCOC(=O)C2CCC(CN3C(=O)C=CC3=O)CC2)n1)[C@@H]1CC2O[C@]2(C)CCC[C@H](C)[C@H](O)[C@@H](C)C(=O)C(C)(C)[C@@H](O)CC(=O)O1. The Hall–Kier alpha value is -3.99. The number of aliphatic hydroxyl groups excluding tert-OH is 2. The third-order valence-electron chi connectivity index (χ3n) is 12.2. The van der Waals surface area contributed by atoms with Gasteiger partial charge in [0.2, 0.25) is 6.79 Å².